The second kappa shape index (κ2) is 6.29. The van der Waals surface area contributed by atoms with Gasteiger partial charge in [-0.3, -0.25) is 4.68 Å². The highest BCUT2D eigenvalue weighted by Crippen LogP contribution is 2.31. The van der Waals surface area contributed by atoms with Crippen LogP contribution in [-0.4, -0.2) is 23.4 Å². The number of hydrogen-bond acceptors (Lipinski definition) is 3. The molecule has 0 amide bonds. The molecule has 0 bridgehead atoms. The van der Waals surface area contributed by atoms with Crippen molar-refractivity contribution in [3.05, 3.63) is 46.2 Å². The maximum absolute atomic E-state index is 6.19. The summed E-state index contributed by atoms with van der Waals surface area (Å²) in [6.07, 6.45) is 1.73. The first-order valence-electron chi connectivity index (χ1n) is 6.63. The number of methoxy groups -OCH3 is 1. The van der Waals surface area contributed by atoms with Crippen LogP contribution in [0.3, 0.4) is 0 Å². The summed E-state index contributed by atoms with van der Waals surface area (Å²) in [4.78, 5) is 0. The zero-order valence-corrected chi connectivity index (χ0v) is 13.0. The minimum atomic E-state index is -0.000139. The number of rotatable bonds is 5. The van der Waals surface area contributed by atoms with E-state index in [2.05, 4.69) is 23.4 Å². The first kappa shape index (κ1) is 14.9. The van der Waals surface area contributed by atoms with Gasteiger partial charge in [-0.15, -0.1) is 0 Å². The van der Waals surface area contributed by atoms with Crippen molar-refractivity contribution >= 4 is 11.6 Å². The first-order valence-corrected chi connectivity index (χ1v) is 7.01. The molecule has 1 N–H and O–H groups in total. The van der Waals surface area contributed by atoms with Crippen molar-refractivity contribution in [2.45, 2.75) is 19.9 Å². The number of nitrogens with zero attached hydrogens (tertiary/aromatic N) is 2. The molecule has 0 aliphatic heterocycles. The monoisotopic (exact) mass is 293 g/mol. The highest BCUT2D eigenvalue weighted by molar-refractivity contribution is 6.30. The Balaban J connectivity index is 2.52. The van der Waals surface area contributed by atoms with Crippen LogP contribution in [0.4, 0.5) is 0 Å². The number of halogens is 1. The zero-order chi connectivity index (χ0) is 14.7. The van der Waals surface area contributed by atoms with Crippen LogP contribution in [0.2, 0.25) is 5.02 Å². The highest BCUT2D eigenvalue weighted by atomic mass is 35.5. The Hall–Kier alpha value is -1.52. The van der Waals surface area contributed by atoms with E-state index in [1.165, 1.54) is 0 Å². The van der Waals surface area contributed by atoms with Gasteiger partial charge in [-0.1, -0.05) is 24.6 Å². The van der Waals surface area contributed by atoms with Crippen molar-refractivity contribution in [2.24, 2.45) is 7.05 Å². The van der Waals surface area contributed by atoms with Gasteiger partial charge in [-0.25, -0.2) is 0 Å². The Morgan fingerprint density at radius 2 is 2.15 bits per heavy atom. The van der Waals surface area contributed by atoms with Gasteiger partial charge in [0.05, 0.1) is 19.3 Å². The molecule has 4 nitrogen and oxygen atoms in total. The molecule has 1 aromatic heterocycles. The molecule has 1 heterocycles. The summed E-state index contributed by atoms with van der Waals surface area (Å²) in [6.45, 7) is 4.96. The summed E-state index contributed by atoms with van der Waals surface area (Å²) in [5, 5.41) is 8.49. The van der Waals surface area contributed by atoms with E-state index in [1.807, 2.05) is 30.8 Å². The molecule has 0 saturated heterocycles. The Labute approximate surface area is 124 Å². The van der Waals surface area contributed by atoms with Gasteiger partial charge in [0.25, 0.3) is 0 Å². The number of ether oxygens (including phenoxy) is 1. The van der Waals surface area contributed by atoms with Gasteiger partial charge >= 0.3 is 0 Å². The molecule has 2 aromatic rings. The lowest BCUT2D eigenvalue weighted by Gasteiger charge is -2.20. The molecule has 0 spiro atoms. The Morgan fingerprint density at radius 3 is 2.75 bits per heavy atom. The predicted octanol–water partition coefficient (Wildman–Crippen LogP) is 3.09. The van der Waals surface area contributed by atoms with Gasteiger partial charge in [0.1, 0.15) is 5.69 Å². The third-order valence-electron chi connectivity index (χ3n) is 3.25. The van der Waals surface area contributed by atoms with E-state index >= 15 is 0 Å². The smallest absolute Gasteiger partial charge is 0.161 e. The molecule has 108 valence electrons. The summed E-state index contributed by atoms with van der Waals surface area (Å²) >= 11 is 6.19. The molecule has 1 aromatic carbocycles. The summed E-state index contributed by atoms with van der Waals surface area (Å²) in [6, 6.07) is 6.06. The average Bonchev–Trinajstić information content (AvgIpc) is 2.76. The quantitative estimate of drug-likeness (QED) is 0.921. The lowest BCUT2D eigenvalue weighted by Crippen LogP contribution is -2.24. The second-order valence-corrected chi connectivity index (χ2v) is 5.21. The van der Waals surface area contributed by atoms with E-state index in [1.54, 1.807) is 13.3 Å². The summed E-state index contributed by atoms with van der Waals surface area (Å²) < 4.78 is 7.25. The van der Waals surface area contributed by atoms with E-state index in [4.69, 9.17) is 16.3 Å². The summed E-state index contributed by atoms with van der Waals surface area (Å²) in [5.41, 5.74) is 3.24. The molecule has 1 unspecified atom stereocenters. The van der Waals surface area contributed by atoms with Crippen molar-refractivity contribution in [1.82, 2.24) is 15.1 Å². The molecule has 1 atom stereocenters. The van der Waals surface area contributed by atoms with E-state index in [9.17, 15) is 0 Å². The fraction of sp³-hybridized carbons (Fsp3) is 0.400. The molecule has 0 saturated carbocycles. The molecule has 2 rings (SSSR count). The zero-order valence-electron chi connectivity index (χ0n) is 12.3. The van der Waals surface area contributed by atoms with Crippen LogP contribution in [-0.2, 0) is 7.05 Å². The standard InChI is InChI=1S/C15H20ClN3O/c1-5-17-14(11-6-10(2)7-12(16)8-11)15-13(20-4)9-18-19(15)3/h6-9,14,17H,5H2,1-4H3. The molecular weight excluding hydrogens is 274 g/mol. The lowest BCUT2D eigenvalue weighted by molar-refractivity contribution is 0.401. The van der Waals surface area contributed by atoms with Gasteiger partial charge < -0.3 is 10.1 Å². The molecular formula is C15H20ClN3O. The van der Waals surface area contributed by atoms with Crippen molar-refractivity contribution < 1.29 is 4.74 Å². The van der Waals surface area contributed by atoms with Crippen LogP contribution in [0, 0.1) is 6.92 Å². The molecule has 0 aliphatic rings. The van der Waals surface area contributed by atoms with Crippen LogP contribution in [0.15, 0.2) is 24.4 Å². The molecule has 5 heteroatoms. The van der Waals surface area contributed by atoms with Gasteiger partial charge in [0, 0.05) is 12.1 Å². The van der Waals surface area contributed by atoms with Crippen LogP contribution in [0.5, 0.6) is 5.75 Å². The van der Waals surface area contributed by atoms with Crippen LogP contribution in [0.25, 0.3) is 0 Å². The summed E-state index contributed by atoms with van der Waals surface area (Å²) in [5.74, 6) is 0.774. The maximum atomic E-state index is 6.19. The van der Waals surface area contributed by atoms with E-state index < -0.39 is 0 Å². The number of hydrogen-bond donors (Lipinski definition) is 1. The minimum Gasteiger partial charge on any atom is -0.493 e. The van der Waals surface area contributed by atoms with E-state index in [-0.39, 0.29) is 6.04 Å². The lowest BCUT2D eigenvalue weighted by atomic mass is 10.0. The number of benzene rings is 1. The fourth-order valence-electron chi connectivity index (χ4n) is 2.42. The average molecular weight is 294 g/mol. The fourth-order valence-corrected chi connectivity index (χ4v) is 2.72. The van der Waals surface area contributed by atoms with Crippen LogP contribution in [0.1, 0.15) is 29.8 Å². The third-order valence-corrected chi connectivity index (χ3v) is 3.47. The normalized spacial score (nSPS) is 12.4. The number of aromatic nitrogens is 2. The molecule has 0 aliphatic carbocycles. The van der Waals surface area contributed by atoms with Crippen molar-refractivity contribution in [1.29, 1.82) is 0 Å². The van der Waals surface area contributed by atoms with Crippen molar-refractivity contribution in [3.63, 3.8) is 0 Å². The largest absolute Gasteiger partial charge is 0.493 e. The molecule has 0 radical (unpaired) electrons. The van der Waals surface area contributed by atoms with Crippen LogP contribution < -0.4 is 10.1 Å². The van der Waals surface area contributed by atoms with Gasteiger partial charge in [0.2, 0.25) is 0 Å². The van der Waals surface area contributed by atoms with Crippen molar-refractivity contribution in [2.75, 3.05) is 13.7 Å². The highest BCUT2D eigenvalue weighted by Gasteiger charge is 2.22. The van der Waals surface area contributed by atoms with E-state index in [0.717, 1.165) is 34.1 Å². The van der Waals surface area contributed by atoms with Gasteiger partial charge in [-0.2, -0.15) is 5.10 Å². The third kappa shape index (κ3) is 2.97. The summed E-state index contributed by atoms with van der Waals surface area (Å²) in [7, 11) is 3.58. The maximum Gasteiger partial charge on any atom is 0.161 e. The molecule has 20 heavy (non-hydrogen) atoms. The minimum absolute atomic E-state index is 0.000139. The number of aryl methyl sites for hydroxylation is 2. The van der Waals surface area contributed by atoms with E-state index in [0.29, 0.717) is 0 Å². The van der Waals surface area contributed by atoms with Crippen LogP contribution >= 0.6 is 11.6 Å². The SMILES string of the molecule is CCNC(c1cc(C)cc(Cl)c1)c1c(OC)cnn1C. The Bertz CT molecular complexity index is 575. The Kier molecular flexibility index (Phi) is 4.68. The predicted molar refractivity (Wildman–Crippen MR) is 81.5 cm³/mol. The first-order chi connectivity index (χ1) is 9.56. The number of nitrogens with one attached hydrogen (secondary N) is 1. The molecule has 0 fully saturated rings. The van der Waals surface area contributed by atoms with Gasteiger partial charge in [-0.05, 0) is 36.7 Å². The topological polar surface area (TPSA) is 39.1 Å². The van der Waals surface area contributed by atoms with Crippen molar-refractivity contribution in [3.8, 4) is 5.75 Å². The second-order valence-electron chi connectivity index (χ2n) is 4.77. The Morgan fingerprint density at radius 1 is 1.40 bits per heavy atom. The van der Waals surface area contributed by atoms with Gasteiger partial charge in [0.15, 0.2) is 5.75 Å².